The maximum absolute atomic E-state index is 12.7. The van der Waals surface area contributed by atoms with E-state index in [1.54, 1.807) is 0 Å². The Labute approximate surface area is 146 Å². The first kappa shape index (κ1) is 19.1. The van der Waals surface area contributed by atoms with Gasteiger partial charge in [0.1, 0.15) is 0 Å². The molecular weight excluding hydrogens is 358 g/mol. The number of hydrogen-bond acceptors (Lipinski definition) is 5. The lowest BCUT2D eigenvalue weighted by Gasteiger charge is -2.36. The Kier molecular flexibility index (Phi) is 5.82. The van der Waals surface area contributed by atoms with Crippen LogP contribution in [0.3, 0.4) is 0 Å². The van der Waals surface area contributed by atoms with Crippen LogP contribution in [0, 0.1) is 10.1 Å². The zero-order chi connectivity index (χ0) is 18.1. The zero-order valence-corrected chi connectivity index (χ0v) is 15.2. The maximum atomic E-state index is 12.7. The van der Waals surface area contributed by atoms with E-state index in [2.05, 4.69) is 0 Å². The van der Waals surface area contributed by atoms with Crippen molar-refractivity contribution in [3.8, 4) is 0 Å². The number of hydrogen-bond donors (Lipinski definition) is 0. The Morgan fingerprint density at radius 2 is 1.96 bits per heavy atom. The van der Waals surface area contributed by atoms with Gasteiger partial charge in [0.05, 0.1) is 17.1 Å². The number of nitro groups is 1. The molecule has 1 fully saturated rings. The fourth-order valence-electron chi connectivity index (χ4n) is 2.63. The van der Waals surface area contributed by atoms with Crippen LogP contribution in [0.4, 0.5) is 5.69 Å². The molecule has 0 aromatic heterocycles. The molecule has 1 aromatic rings. The van der Waals surface area contributed by atoms with Crippen molar-refractivity contribution in [3.05, 3.63) is 38.9 Å². The third-order valence-corrected chi connectivity index (χ3v) is 5.98. The van der Waals surface area contributed by atoms with Gasteiger partial charge < -0.3 is 4.74 Å². The Balaban J connectivity index is 2.20. The monoisotopic (exact) mass is 377 g/mol. The molecule has 1 heterocycles. The SMILES string of the molecule is C[C@H]1CN(S(=O)(=O)N(C)Cc2cc([N+](=O)[O-])ccc2Cl)C[C@H](C)O1. The first-order valence-corrected chi connectivity index (χ1v) is 9.18. The lowest BCUT2D eigenvalue weighted by Crippen LogP contribution is -2.52. The molecule has 1 aromatic carbocycles. The number of benzene rings is 1. The van der Waals surface area contributed by atoms with Crippen molar-refractivity contribution >= 4 is 27.5 Å². The summed E-state index contributed by atoms with van der Waals surface area (Å²) in [5.41, 5.74) is 0.250. The lowest BCUT2D eigenvalue weighted by atomic mass is 10.2. The molecule has 0 spiro atoms. The van der Waals surface area contributed by atoms with Crippen molar-refractivity contribution in [2.45, 2.75) is 32.6 Å². The molecule has 8 nitrogen and oxygen atoms in total. The van der Waals surface area contributed by atoms with Crippen molar-refractivity contribution in [3.63, 3.8) is 0 Å². The van der Waals surface area contributed by atoms with E-state index in [0.717, 1.165) is 4.31 Å². The number of nitro benzene ring substituents is 1. The minimum absolute atomic E-state index is 0.0526. The summed E-state index contributed by atoms with van der Waals surface area (Å²) in [6.07, 6.45) is -0.392. The zero-order valence-electron chi connectivity index (χ0n) is 13.7. The minimum Gasteiger partial charge on any atom is -0.373 e. The molecule has 1 aliphatic rings. The van der Waals surface area contributed by atoms with Crippen LogP contribution < -0.4 is 0 Å². The number of ether oxygens (including phenoxy) is 1. The van der Waals surface area contributed by atoms with E-state index in [9.17, 15) is 18.5 Å². The van der Waals surface area contributed by atoms with Crippen LogP contribution >= 0.6 is 11.6 Å². The van der Waals surface area contributed by atoms with Crippen molar-refractivity contribution < 1.29 is 18.1 Å². The smallest absolute Gasteiger partial charge is 0.282 e. The largest absolute Gasteiger partial charge is 0.373 e. The van der Waals surface area contributed by atoms with Gasteiger partial charge in [-0.1, -0.05) is 11.6 Å². The van der Waals surface area contributed by atoms with Gasteiger partial charge >= 0.3 is 0 Å². The fourth-order valence-corrected chi connectivity index (χ4v) is 4.30. The average Bonchev–Trinajstić information content (AvgIpc) is 2.48. The maximum Gasteiger partial charge on any atom is 0.282 e. The molecule has 2 rings (SSSR count). The van der Waals surface area contributed by atoms with Crippen molar-refractivity contribution in [2.75, 3.05) is 20.1 Å². The molecule has 0 bridgehead atoms. The molecule has 24 heavy (non-hydrogen) atoms. The van der Waals surface area contributed by atoms with E-state index in [-0.39, 0.29) is 42.6 Å². The van der Waals surface area contributed by atoms with Crippen LogP contribution in [0.25, 0.3) is 0 Å². The standard InChI is InChI=1S/C14H20ClN3O5S/c1-10-7-17(8-11(2)23-10)24(21,22)16(3)9-12-6-13(18(19)20)4-5-14(12)15/h4-6,10-11H,7-9H2,1-3H3/t10-,11-/m0/s1. The van der Waals surface area contributed by atoms with Gasteiger partial charge in [0.25, 0.3) is 15.9 Å². The highest BCUT2D eigenvalue weighted by Gasteiger charge is 2.34. The van der Waals surface area contributed by atoms with Crippen LogP contribution in [0.5, 0.6) is 0 Å². The number of halogens is 1. The number of rotatable bonds is 5. The quantitative estimate of drug-likeness (QED) is 0.578. The Bertz CT molecular complexity index is 717. The van der Waals surface area contributed by atoms with Crippen LogP contribution in [0.15, 0.2) is 18.2 Å². The number of morpholine rings is 1. The average molecular weight is 378 g/mol. The second kappa shape index (κ2) is 7.32. The number of nitrogens with zero attached hydrogens (tertiary/aromatic N) is 3. The van der Waals surface area contributed by atoms with E-state index in [1.807, 2.05) is 13.8 Å². The highest BCUT2D eigenvalue weighted by molar-refractivity contribution is 7.86. The van der Waals surface area contributed by atoms with Gasteiger partial charge in [-0.05, 0) is 25.5 Å². The van der Waals surface area contributed by atoms with E-state index >= 15 is 0 Å². The normalized spacial score (nSPS) is 22.7. The first-order valence-electron chi connectivity index (χ1n) is 7.41. The molecule has 1 aliphatic heterocycles. The van der Waals surface area contributed by atoms with Gasteiger partial charge in [0.15, 0.2) is 0 Å². The molecule has 0 amide bonds. The van der Waals surface area contributed by atoms with Crippen molar-refractivity contribution in [1.29, 1.82) is 0 Å². The first-order chi connectivity index (χ1) is 11.1. The second-order valence-electron chi connectivity index (χ2n) is 5.87. The predicted molar refractivity (Wildman–Crippen MR) is 90.1 cm³/mol. The molecule has 0 unspecified atom stereocenters. The summed E-state index contributed by atoms with van der Waals surface area (Å²) in [4.78, 5) is 10.3. The molecule has 10 heteroatoms. The van der Waals surface area contributed by atoms with E-state index in [1.165, 1.54) is 29.6 Å². The fraction of sp³-hybridized carbons (Fsp3) is 0.571. The summed E-state index contributed by atoms with van der Waals surface area (Å²) < 4.78 is 33.5. The molecule has 0 radical (unpaired) electrons. The molecule has 0 N–H and O–H groups in total. The van der Waals surface area contributed by atoms with Crippen LogP contribution in [0.1, 0.15) is 19.4 Å². The molecular formula is C14H20ClN3O5S. The van der Waals surface area contributed by atoms with Crippen LogP contribution in [-0.2, 0) is 21.5 Å². The van der Waals surface area contributed by atoms with Crippen LogP contribution in [0.2, 0.25) is 5.02 Å². The predicted octanol–water partition coefficient (Wildman–Crippen LogP) is 2.03. The Morgan fingerprint density at radius 3 is 2.50 bits per heavy atom. The third kappa shape index (κ3) is 4.22. The summed E-state index contributed by atoms with van der Waals surface area (Å²) in [5.74, 6) is 0. The minimum atomic E-state index is -3.72. The number of non-ortho nitro benzene ring substituents is 1. The Hall–Kier alpha value is -1.26. The molecule has 134 valence electrons. The van der Waals surface area contributed by atoms with Gasteiger partial charge in [0.2, 0.25) is 0 Å². The topological polar surface area (TPSA) is 93.0 Å². The van der Waals surface area contributed by atoms with Gasteiger partial charge in [0, 0.05) is 43.8 Å². The highest BCUT2D eigenvalue weighted by atomic mass is 35.5. The van der Waals surface area contributed by atoms with Gasteiger partial charge in [-0.2, -0.15) is 17.0 Å². The summed E-state index contributed by atoms with van der Waals surface area (Å²) in [5, 5.41) is 11.2. The molecule has 1 saturated heterocycles. The summed E-state index contributed by atoms with van der Waals surface area (Å²) in [6, 6.07) is 3.97. The molecule has 0 saturated carbocycles. The summed E-state index contributed by atoms with van der Waals surface area (Å²) in [7, 11) is -2.29. The van der Waals surface area contributed by atoms with Crippen molar-refractivity contribution in [1.82, 2.24) is 8.61 Å². The lowest BCUT2D eigenvalue weighted by molar-refractivity contribution is -0.384. The van der Waals surface area contributed by atoms with E-state index < -0.39 is 15.1 Å². The Morgan fingerprint density at radius 1 is 1.38 bits per heavy atom. The third-order valence-electron chi connectivity index (χ3n) is 3.74. The summed E-state index contributed by atoms with van der Waals surface area (Å²) in [6.45, 7) is 4.10. The summed E-state index contributed by atoms with van der Waals surface area (Å²) >= 11 is 6.05. The van der Waals surface area contributed by atoms with Crippen molar-refractivity contribution in [2.24, 2.45) is 0 Å². The van der Waals surface area contributed by atoms with Gasteiger partial charge in [-0.15, -0.1) is 0 Å². The van der Waals surface area contributed by atoms with Gasteiger partial charge in [-0.25, -0.2) is 0 Å². The van der Waals surface area contributed by atoms with E-state index in [0.29, 0.717) is 5.56 Å². The van der Waals surface area contributed by atoms with E-state index in [4.69, 9.17) is 16.3 Å². The molecule has 2 atom stereocenters. The van der Waals surface area contributed by atoms with Crippen LogP contribution in [-0.4, -0.2) is 54.3 Å². The molecule has 0 aliphatic carbocycles. The highest BCUT2D eigenvalue weighted by Crippen LogP contribution is 2.25. The second-order valence-corrected chi connectivity index (χ2v) is 8.31. The van der Waals surface area contributed by atoms with Gasteiger partial charge in [-0.3, -0.25) is 10.1 Å².